The van der Waals surface area contributed by atoms with Crippen molar-refractivity contribution >= 4 is 15.9 Å². The number of sulfonamides is 1. The summed E-state index contributed by atoms with van der Waals surface area (Å²) in [6, 6.07) is 11.0. The first-order valence-corrected chi connectivity index (χ1v) is 8.21. The fourth-order valence-corrected chi connectivity index (χ4v) is 2.38. The minimum absolute atomic E-state index is 0.0499. The fourth-order valence-electron chi connectivity index (χ4n) is 1.86. The second kappa shape index (κ2) is 7.00. The molecule has 23 heavy (non-hydrogen) atoms. The number of nitrogens with zero attached hydrogens (tertiary/aromatic N) is 2. The molecule has 0 aliphatic heterocycles. The van der Waals surface area contributed by atoms with Crippen LogP contribution < -0.4 is 10.5 Å². The van der Waals surface area contributed by atoms with Crippen LogP contribution in [-0.2, 0) is 16.4 Å². The third kappa shape index (κ3) is 4.60. The molecule has 0 saturated carbocycles. The van der Waals surface area contributed by atoms with Crippen LogP contribution in [0.4, 0.5) is 0 Å². The molecule has 0 unspecified atom stereocenters. The van der Waals surface area contributed by atoms with E-state index in [4.69, 9.17) is 10.4 Å². The van der Waals surface area contributed by atoms with Crippen LogP contribution in [0, 0.1) is 11.3 Å². The third-order valence-corrected chi connectivity index (χ3v) is 4.02. The van der Waals surface area contributed by atoms with E-state index in [1.54, 1.807) is 12.1 Å². The van der Waals surface area contributed by atoms with E-state index in [1.807, 2.05) is 6.07 Å². The van der Waals surface area contributed by atoms with Gasteiger partial charge in [-0.05, 0) is 36.2 Å². The zero-order valence-electron chi connectivity index (χ0n) is 12.1. The summed E-state index contributed by atoms with van der Waals surface area (Å²) in [6.07, 6.45) is 1.88. The molecule has 0 atom stereocenters. The van der Waals surface area contributed by atoms with Crippen molar-refractivity contribution in [3.8, 4) is 6.07 Å². The normalized spacial score (nSPS) is 10.8. The molecule has 1 aromatic heterocycles. The van der Waals surface area contributed by atoms with Crippen molar-refractivity contribution in [1.29, 1.82) is 5.26 Å². The molecule has 7 nitrogen and oxygen atoms in total. The standard InChI is InChI=1S/C15H14N4O3S/c16-9-13-4-3-12(10-19-13)15(20)18-8-7-11-1-5-14(6-2-11)23(17,21)22/h1-6,10H,7-8H2,(H,18,20)(H2,17,21,22). The summed E-state index contributed by atoms with van der Waals surface area (Å²) < 4.78 is 22.3. The van der Waals surface area contributed by atoms with Crippen LogP contribution in [-0.4, -0.2) is 25.9 Å². The largest absolute Gasteiger partial charge is 0.352 e. The highest BCUT2D eigenvalue weighted by Gasteiger charge is 2.08. The van der Waals surface area contributed by atoms with Gasteiger partial charge < -0.3 is 5.32 Å². The Balaban J connectivity index is 1.89. The van der Waals surface area contributed by atoms with Crippen LogP contribution in [0.5, 0.6) is 0 Å². The molecule has 1 heterocycles. The Morgan fingerprint density at radius 3 is 2.43 bits per heavy atom. The van der Waals surface area contributed by atoms with Gasteiger partial charge >= 0.3 is 0 Å². The van der Waals surface area contributed by atoms with Crippen molar-refractivity contribution in [1.82, 2.24) is 10.3 Å². The van der Waals surface area contributed by atoms with Gasteiger partial charge in [-0.25, -0.2) is 18.5 Å². The topological polar surface area (TPSA) is 126 Å². The maximum absolute atomic E-state index is 11.9. The second-order valence-corrected chi connectivity index (χ2v) is 6.30. The smallest absolute Gasteiger partial charge is 0.252 e. The zero-order chi connectivity index (χ0) is 16.9. The molecule has 1 aromatic carbocycles. The van der Waals surface area contributed by atoms with E-state index in [1.165, 1.54) is 30.5 Å². The first-order chi connectivity index (χ1) is 10.9. The lowest BCUT2D eigenvalue weighted by Gasteiger charge is -2.06. The molecule has 0 spiro atoms. The Kier molecular flexibility index (Phi) is 5.05. The zero-order valence-corrected chi connectivity index (χ0v) is 12.9. The molecule has 3 N–H and O–H groups in total. The maximum atomic E-state index is 11.9. The van der Waals surface area contributed by atoms with Gasteiger partial charge in [0.25, 0.3) is 5.91 Å². The minimum Gasteiger partial charge on any atom is -0.352 e. The lowest BCUT2D eigenvalue weighted by molar-refractivity contribution is 0.0954. The number of pyridine rings is 1. The number of nitrogens with one attached hydrogen (secondary N) is 1. The monoisotopic (exact) mass is 330 g/mol. The van der Waals surface area contributed by atoms with E-state index in [0.717, 1.165) is 5.56 Å². The quantitative estimate of drug-likeness (QED) is 0.829. The maximum Gasteiger partial charge on any atom is 0.252 e. The van der Waals surface area contributed by atoms with E-state index in [0.29, 0.717) is 18.5 Å². The molecular weight excluding hydrogens is 316 g/mol. The molecule has 2 aromatic rings. The summed E-state index contributed by atoms with van der Waals surface area (Å²) in [5.74, 6) is -0.289. The molecule has 0 aliphatic rings. The first kappa shape index (κ1) is 16.6. The number of carbonyl (C=O) groups excluding carboxylic acids is 1. The Morgan fingerprint density at radius 1 is 1.22 bits per heavy atom. The molecule has 0 radical (unpaired) electrons. The van der Waals surface area contributed by atoms with E-state index in [9.17, 15) is 13.2 Å². The van der Waals surface area contributed by atoms with Crippen molar-refractivity contribution < 1.29 is 13.2 Å². The van der Waals surface area contributed by atoms with Crippen LogP contribution in [0.3, 0.4) is 0 Å². The molecule has 2 rings (SSSR count). The number of amides is 1. The average molecular weight is 330 g/mol. The number of primary sulfonamides is 1. The number of hydrogen-bond donors (Lipinski definition) is 2. The Morgan fingerprint density at radius 2 is 1.91 bits per heavy atom. The van der Waals surface area contributed by atoms with Crippen molar-refractivity contribution in [3.05, 3.63) is 59.4 Å². The second-order valence-electron chi connectivity index (χ2n) is 4.74. The molecule has 0 aliphatic carbocycles. The van der Waals surface area contributed by atoms with Crippen LogP contribution in [0.25, 0.3) is 0 Å². The SMILES string of the molecule is N#Cc1ccc(C(=O)NCCc2ccc(S(N)(=O)=O)cc2)cn1. The number of carbonyl (C=O) groups is 1. The van der Waals surface area contributed by atoms with Crippen molar-refractivity contribution in [2.45, 2.75) is 11.3 Å². The van der Waals surface area contributed by atoms with Crippen molar-refractivity contribution in [3.63, 3.8) is 0 Å². The summed E-state index contributed by atoms with van der Waals surface area (Å²) in [7, 11) is -3.69. The molecular formula is C15H14N4O3S. The molecule has 0 fully saturated rings. The van der Waals surface area contributed by atoms with E-state index in [2.05, 4.69) is 10.3 Å². The molecule has 0 bridgehead atoms. The van der Waals surface area contributed by atoms with Crippen LogP contribution in [0.15, 0.2) is 47.5 Å². The van der Waals surface area contributed by atoms with Gasteiger partial charge in [0.1, 0.15) is 11.8 Å². The van der Waals surface area contributed by atoms with Gasteiger partial charge in [0, 0.05) is 12.7 Å². The van der Waals surface area contributed by atoms with Crippen molar-refractivity contribution in [2.24, 2.45) is 5.14 Å². The molecule has 1 amide bonds. The van der Waals surface area contributed by atoms with Gasteiger partial charge in [-0.2, -0.15) is 5.26 Å². The van der Waals surface area contributed by atoms with Gasteiger partial charge in [0.15, 0.2) is 0 Å². The predicted molar refractivity (Wildman–Crippen MR) is 82.8 cm³/mol. The van der Waals surface area contributed by atoms with Gasteiger partial charge in [-0.3, -0.25) is 4.79 Å². The fraction of sp³-hybridized carbons (Fsp3) is 0.133. The van der Waals surface area contributed by atoms with Crippen LogP contribution >= 0.6 is 0 Å². The van der Waals surface area contributed by atoms with Gasteiger partial charge in [0.05, 0.1) is 10.5 Å². The summed E-state index contributed by atoms with van der Waals surface area (Å²) in [4.78, 5) is 15.8. The number of aromatic nitrogens is 1. The van der Waals surface area contributed by atoms with Gasteiger partial charge in [-0.1, -0.05) is 12.1 Å². The van der Waals surface area contributed by atoms with Crippen LogP contribution in [0.2, 0.25) is 0 Å². The van der Waals surface area contributed by atoms with Crippen LogP contribution in [0.1, 0.15) is 21.6 Å². The highest BCUT2D eigenvalue weighted by atomic mass is 32.2. The minimum atomic E-state index is -3.69. The Labute approximate surface area is 133 Å². The lowest BCUT2D eigenvalue weighted by atomic mass is 10.1. The summed E-state index contributed by atoms with van der Waals surface area (Å²) in [5, 5.41) is 16.4. The van der Waals surface area contributed by atoms with E-state index < -0.39 is 10.0 Å². The highest BCUT2D eigenvalue weighted by molar-refractivity contribution is 7.89. The number of hydrogen-bond acceptors (Lipinski definition) is 5. The number of rotatable bonds is 5. The number of nitrogens with two attached hydrogens (primary N) is 1. The summed E-state index contributed by atoms with van der Waals surface area (Å²) in [5.41, 5.74) is 1.49. The lowest BCUT2D eigenvalue weighted by Crippen LogP contribution is -2.25. The molecule has 118 valence electrons. The first-order valence-electron chi connectivity index (χ1n) is 6.66. The molecule has 0 saturated heterocycles. The summed E-state index contributed by atoms with van der Waals surface area (Å²) in [6.45, 7) is 0.382. The van der Waals surface area contributed by atoms with E-state index in [-0.39, 0.29) is 16.5 Å². The number of benzene rings is 1. The summed E-state index contributed by atoms with van der Waals surface area (Å²) >= 11 is 0. The predicted octanol–water partition coefficient (Wildman–Crippen LogP) is 0.573. The van der Waals surface area contributed by atoms with Gasteiger partial charge in [-0.15, -0.1) is 0 Å². The number of nitriles is 1. The molecule has 8 heteroatoms. The Hall–Kier alpha value is -2.76. The van der Waals surface area contributed by atoms with E-state index >= 15 is 0 Å². The highest BCUT2D eigenvalue weighted by Crippen LogP contribution is 2.09. The average Bonchev–Trinajstić information content (AvgIpc) is 2.54. The van der Waals surface area contributed by atoms with Gasteiger partial charge in [0.2, 0.25) is 10.0 Å². The Bertz CT molecular complexity index is 838. The third-order valence-electron chi connectivity index (χ3n) is 3.09. The van der Waals surface area contributed by atoms with Crippen molar-refractivity contribution in [2.75, 3.05) is 6.54 Å².